The summed E-state index contributed by atoms with van der Waals surface area (Å²) in [6.45, 7) is 7.10. The van der Waals surface area contributed by atoms with Gasteiger partial charge in [0.25, 0.3) is 0 Å². The number of aliphatic hydroxyl groups is 1. The molecule has 0 radical (unpaired) electrons. The van der Waals surface area contributed by atoms with Crippen molar-refractivity contribution in [3.8, 4) is 0 Å². The van der Waals surface area contributed by atoms with Gasteiger partial charge in [-0.05, 0) is 27.7 Å². The van der Waals surface area contributed by atoms with Crippen molar-refractivity contribution in [3.05, 3.63) is 11.4 Å². The van der Waals surface area contributed by atoms with Gasteiger partial charge in [-0.3, -0.25) is 0 Å². The highest BCUT2D eigenvalue weighted by molar-refractivity contribution is 5.86. The average Bonchev–Trinajstić information content (AvgIpc) is 2.69. The Hall–Kier alpha value is -2.16. The summed E-state index contributed by atoms with van der Waals surface area (Å²) in [7, 11) is 0. The Balaban J connectivity index is 2.69. The van der Waals surface area contributed by atoms with Crippen LogP contribution in [-0.2, 0) is 17.7 Å². The molecule has 1 unspecified atom stereocenters. The van der Waals surface area contributed by atoms with Crippen LogP contribution in [0.4, 0.5) is 4.79 Å². The number of ether oxygens (including phenoxy) is 1. The van der Waals surface area contributed by atoms with Crippen LogP contribution in [0, 0.1) is 0 Å². The predicted octanol–water partition coefficient (Wildman–Crippen LogP) is 0.424. The summed E-state index contributed by atoms with van der Waals surface area (Å²) in [4.78, 5) is 22.7. The second-order valence-electron chi connectivity index (χ2n) is 5.90. The molecule has 1 aromatic heterocycles. The molecule has 0 aliphatic rings. The molecular weight excluding hydrogens is 292 g/mol. The molecule has 9 heteroatoms. The second-order valence-corrected chi connectivity index (χ2v) is 5.90. The lowest BCUT2D eigenvalue weighted by atomic mass is 10.2. The van der Waals surface area contributed by atoms with E-state index < -0.39 is 23.8 Å². The van der Waals surface area contributed by atoms with Gasteiger partial charge < -0.3 is 20.3 Å². The van der Waals surface area contributed by atoms with Crippen molar-refractivity contribution in [2.75, 3.05) is 6.54 Å². The summed E-state index contributed by atoms with van der Waals surface area (Å²) in [5.74, 6) is -1.20. The number of carbonyl (C=O) groups is 2. The van der Waals surface area contributed by atoms with Crippen LogP contribution in [0.5, 0.6) is 0 Å². The summed E-state index contributed by atoms with van der Waals surface area (Å²) < 4.78 is 6.41. The number of rotatable bonds is 6. The monoisotopic (exact) mass is 314 g/mol. The molecule has 1 rings (SSSR count). The molecule has 1 aromatic rings. The van der Waals surface area contributed by atoms with E-state index in [1.54, 1.807) is 27.7 Å². The quantitative estimate of drug-likeness (QED) is 0.694. The van der Waals surface area contributed by atoms with E-state index in [1.807, 2.05) is 0 Å². The number of nitrogens with one attached hydrogen (secondary N) is 1. The zero-order valence-electron chi connectivity index (χ0n) is 13.2. The van der Waals surface area contributed by atoms with Gasteiger partial charge in [0.05, 0.1) is 18.3 Å². The first kappa shape index (κ1) is 17.9. The van der Waals surface area contributed by atoms with Gasteiger partial charge >= 0.3 is 12.1 Å². The fraction of sp³-hybridized carbons (Fsp3) is 0.692. The van der Waals surface area contributed by atoms with E-state index in [1.165, 1.54) is 4.68 Å². The predicted molar refractivity (Wildman–Crippen MR) is 76.6 cm³/mol. The maximum atomic E-state index is 11.5. The van der Waals surface area contributed by atoms with E-state index in [2.05, 4.69) is 15.6 Å². The maximum absolute atomic E-state index is 11.5. The van der Waals surface area contributed by atoms with Gasteiger partial charge in [-0.15, -0.1) is 5.10 Å². The Bertz CT molecular complexity index is 533. The number of hydrogen-bond acceptors (Lipinski definition) is 6. The average molecular weight is 314 g/mol. The lowest BCUT2D eigenvalue weighted by Gasteiger charge is -2.19. The Kier molecular flexibility index (Phi) is 5.86. The van der Waals surface area contributed by atoms with Gasteiger partial charge in [-0.25, -0.2) is 14.3 Å². The highest BCUT2D eigenvalue weighted by atomic mass is 16.6. The molecule has 0 aromatic carbocycles. The van der Waals surface area contributed by atoms with E-state index >= 15 is 0 Å². The van der Waals surface area contributed by atoms with Gasteiger partial charge in [0.15, 0.2) is 5.69 Å². The summed E-state index contributed by atoms with van der Waals surface area (Å²) in [5, 5.41) is 28.3. The third kappa shape index (κ3) is 5.68. The zero-order valence-corrected chi connectivity index (χ0v) is 13.2. The number of carboxylic acids is 1. The number of aromatic nitrogens is 3. The summed E-state index contributed by atoms with van der Waals surface area (Å²) in [6.07, 6.45) is -1.07. The van der Waals surface area contributed by atoms with Crippen LogP contribution in [0.25, 0.3) is 0 Å². The number of aliphatic hydroxyl groups excluding tert-OH is 1. The molecule has 0 aliphatic carbocycles. The summed E-state index contributed by atoms with van der Waals surface area (Å²) >= 11 is 0. The number of amides is 1. The molecule has 0 saturated carbocycles. The molecule has 1 atom stereocenters. The molecule has 1 heterocycles. The number of aromatic carboxylic acids is 1. The lowest BCUT2D eigenvalue weighted by Crippen LogP contribution is -2.34. The smallest absolute Gasteiger partial charge is 0.407 e. The summed E-state index contributed by atoms with van der Waals surface area (Å²) in [5.41, 5.74) is -0.456. The first-order valence-corrected chi connectivity index (χ1v) is 6.90. The number of carbonyl (C=O) groups excluding carboxylic acids is 1. The molecule has 0 saturated heterocycles. The van der Waals surface area contributed by atoms with Gasteiger partial charge in [-0.2, -0.15) is 0 Å². The van der Waals surface area contributed by atoms with Crippen LogP contribution in [0.15, 0.2) is 0 Å². The maximum Gasteiger partial charge on any atom is 0.407 e. The van der Waals surface area contributed by atoms with Crippen molar-refractivity contribution >= 4 is 12.1 Å². The number of hydrogen-bond donors (Lipinski definition) is 3. The minimum Gasteiger partial charge on any atom is -0.476 e. The van der Waals surface area contributed by atoms with E-state index in [0.717, 1.165) is 0 Å². The number of alkyl carbamates (subject to hydrolysis) is 1. The topological polar surface area (TPSA) is 127 Å². The van der Waals surface area contributed by atoms with Crippen LogP contribution in [0.2, 0.25) is 0 Å². The van der Waals surface area contributed by atoms with Crippen molar-refractivity contribution in [2.45, 2.75) is 52.4 Å². The number of carboxylic acid groups (broad SMARTS) is 1. The number of nitrogens with zero attached hydrogens (tertiary/aromatic N) is 3. The van der Waals surface area contributed by atoms with E-state index in [0.29, 0.717) is 5.69 Å². The molecular formula is C13H22N4O5. The normalized spacial score (nSPS) is 12.8. The van der Waals surface area contributed by atoms with Gasteiger partial charge in [0, 0.05) is 13.0 Å². The van der Waals surface area contributed by atoms with Gasteiger partial charge in [-0.1, -0.05) is 5.21 Å². The fourth-order valence-electron chi connectivity index (χ4n) is 1.74. The second kappa shape index (κ2) is 7.21. The van der Waals surface area contributed by atoms with Crippen LogP contribution < -0.4 is 5.32 Å². The highest BCUT2D eigenvalue weighted by Crippen LogP contribution is 2.09. The molecule has 0 aliphatic heterocycles. The molecule has 124 valence electrons. The van der Waals surface area contributed by atoms with E-state index in [4.69, 9.17) is 9.84 Å². The Morgan fingerprint density at radius 2 is 2.05 bits per heavy atom. The Labute approximate surface area is 128 Å². The minimum atomic E-state index is -1.20. The van der Waals surface area contributed by atoms with Crippen LogP contribution >= 0.6 is 0 Å². The molecule has 9 nitrogen and oxygen atoms in total. The Morgan fingerprint density at radius 1 is 1.41 bits per heavy atom. The molecule has 0 fully saturated rings. The fourth-order valence-corrected chi connectivity index (χ4v) is 1.74. The van der Waals surface area contributed by atoms with Crippen molar-refractivity contribution in [1.82, 2.24) is 20.3 Å². The molecule has 0 bridgehead atoms. The van der Waals surface area contributed by atoms with Crippen molar-refractivity contribution < 1.29 is 24.5 Å². The zero-order chi connectivity index (χ0) is 16.9. The first-order valence-electron chi connectivity index (χ1n) is 6.90. The third-order valence-electron chi connectivity index (χ3n) is 2.51. The van der Waals surface area contributed by atoms with Crippen LogP contribution in [0.3, 0.4) is 0 Å². The largest absolute Gasteiger partial charge is 0.476 e. The molecule has 3 N–H and O–H groups in total. The van der Waals surface area contributed by atoms with Gasteiger partial charge in [0.1, 0.15) is 5.60 Å². The first-order chi connectivity index (χ1) is 10.1. The highest BCUT2D eigenvalue weighted by Gasteiger charge is 2.20. The van der Waals surface area contributed by atoms with E-state index in [9.17, 15) is 14.7 Å². The molecule has 22 heavy (non-hydrogen) atoms. The summed E-state index contributed by atoms with van der Waals surface area (Å²) in [6, 6.07) is 0. The van der Waals surface area contributed by atoms with Gasteiger partial charge in [0.2, 0.25) is 0 Å². The van der Waals surface area contributed by atoms with Crippen LogP contribution in [-0.4, -0.2) is 55.5 Å². The SMILES string of the molecule is CC(O)Cn1nnc(C(=O)O)c1CCNC(=O)OC(C)(C)C. The lowest BCUT2D eigenvalue weighted by molar-refractivity contribution is 0.0528. The minimum absolute atomic E-state index is 0.127. The van der Waals surface area contributed by atoms with Crippen molar-refractivity contribution in [3.63, 3.8) is 0 Å². The standard InChI is InChI=1S/C13H22N4O5/c1-8(18)7-17-9(10(11(19)20)15-16-17)5-6-14-12(21)22-13(2,3)4/h8,18H,5-7H2,1-4H3,(H,14,21)(H,19,20). The van der Waals surface area contributed by atoms with Crippen molar-refractivity contribution in [2.24, 2.45) is 0 Å². The molecule has 1 amide bonds. The third-order valence-corrected chi connectivity index (χ3v) is 2.51. The van der Waals surface area contributed by atoms with Crippen molar-refractivity contribution in [1.29, 1.82) is 0 Å². The molecule has 0 spiro atoms. The van der Waals surface area contributed by atoms with E-state index in [-0.39, 0.29) is 25.2 Å². The van der Waals surface area contributed by atoms with Crippen LogP contribution in [0.1, 0.15) is 43.9 Å². The Morgan fingerprint density at radius 3 is 2.55 bits per heavy atom.